The van der Waals surface area contributed by atoms with Gasteiger partial charge in [0.1, 0.15) is 6.61 Å². The van der Waals surface area contributed by atoms with E-state index in [4.69, 9.17) is 27.9 Å². The smallest absolute Gasteiger partial charge is 0.171 e. The van der Waals surface area contributed by atoms with E-state index in [9.17, 15) is 0 Å². The quantitative estimate of drug-likeness (QED) is 0.790. The van der Waals surface area contributed by atoms with Crippen molar-refractivity contribution in [3.05, 3.63) is 39.9 Å². The molecule has 0 bridgehead atoms. The predicted octanol–water partition coefficient (Wildman–Crippen LogP) is 3.75. The Kier molecular flexibility index (Phi) is 4.66. The minimum atomic E-state index is 0.324. The van der Waals surface area contributed by atoms with Crippen LogP contribution < -0.4 is 4.74 Å². The minimum absolute atomic E-state index is 0.324. The molecule has 0 fully saturated rings. The first-order chi connectivity index (χ1) is 9.17. The molecule has 6 heteroatoms. The highest BCUT2D eigenvalue weighted by Crippen LogP contribution is 2.25. The van der Waals surface area contributed by atoms with Gasteiger partial charge in [0.15, 0.2) is 10.9 Å². The molecule has 102 valence electrons. The SMILES string of the molecule is CCc1nn(CC)c(COc2cccnc2Cl)c1Cl. The van der Waals surface area contributed by atoms with E-state index in [1.54, 1.807) is 18.3 Å². The highest BCUT2D eigenvalue weighted by molar-refractivity contribution is 6.32. The Balaban J connectivity index is 2.20. The number of aryl methyl sites for hydroxylation is 2. The first-order valence-electron chi connectivity index (χ1n) is 6.14. The van der Waals surface area contributed by atoms with Crippen molar-refractivity contribution in [3.8, 4) is 5.75 Å². The third-order valence-corrected chi connectivity index (χ3v) is 3.50. The molecule has 2 rings (SSSR count). The van der Waals surface area contributed by atoms with Crippen molar-refractivity contribution in [2.75, 3.05) is 0 Å². The topological polar surface area (TPSA) is 39.9 Å². The Morgan fingerprint density at radius 3 is 2.74 bits per heavy atom. The predicted molar refractivity (Wildman–Crippen MR) is 75.9 cm³/mol. The maximum absolute atomic E-state index is 6.30. The molecule has 0 atom stereocenters. The van der Waals surface area contributed by atoms with Crippen LogP contribution in [0.1, 0.15) is 25.2 Å². The van der Waals surface area contributed by atoms with Crippen LogP contribution in [-0.4, -0.2) is 14.8 Å². The lowest BCUT2D eigenvalue weighted by atomic mass is 10.3. The Morgan fingerprint density at radius 2 is 2.11 bits per heavy atom. The van der Waals surface area contributed by atoms with E-state index in [2.05, 4.69) is 10.1 Å². The first kappa shape index (κ1) is 14.2. The normalized spacial score (nSPS) is 10.7. The summed E-state index contributed by atoms with van der Waals surface area (Å²) in [4.78, 5) is 3.96. The second kappa shape index (κ2) is 6.26. The molecule has 2 aromatic heterocycles. The van der Waals surface area contributed by atoms with Crippen LogP contribution in [0, 0.1) is 0 Å². The molecular weight excluding hydrogens is 285 g/mol. The van der Waals surface area contributed by atoms with Crippen LogP contribution in [0.2, 0.25) is 10.2 Å². The second-order valence-corrected chi connectivity index (χ2v) is 4.69. The van der Waals surface area contributed by atoms with Gasteiger partial charge in [-0.1, -0.05) is 30.1 Å². The number of hydrogen-bond acceptors (Lipinski definition) is 3. The molecule has 0 aliphatic carbocycles. The van der Waals surface area contributed by atoms with Crippen LogP contribution in [0.5, 0.6) is 5.75 Å². The third-order valence-electron chi connectivity index (χ3n) is 2.78. The zero-order valence-electron chi connectivity index (χ0n) is 10.9. The summed E-state index contributed by atoms with van der Waals surface area (Å²) in [5, 5.41) is 5.45. The zero-order chi connectivity index (χ0) is 13.8. The summed E-state index contributed by atoms with van der Waals surface area (Å²) in [6.07, 6.45) is 2.42. The summed E-state index contributed by atoms with van der Waals surface area (Å²) < 4.78 is 7.52. The van der Waals surface area contributed by atoms with E-state index in [-0.39, 0.29) is 0 Å². The molecule has 19 heavy (non-hydrogen) atoms. The number of ether oxygens (including phenoxy) is 1. The van der Waals surface area contributed by atoms with Crippen molar-refractivity contribution in [1.82, 2.24) is 14.8 Å². The van der Waals surface area contributed by atoms with Gasteiger partial charge in [0.05, 0.1) is 16.4 Å². The lowest BCUT2D eigenvalue weighted by Gasteiger charge is -2.08. The summed E-state index contributed by atoms with van der Waals surface area (Å²) >= 11 is 12.2. The van der Waals surface area contributed by atoms with Crippen LogP contribution in [-0.2, 0) is 19.6 Å². The van der Waals surface area contributed by atoms with Gasteiger partial charge in [-0.2, -0.15) is 5.10 Å². The zero-order valence-corrected chi connectivity index (χ0v) is 12.4. The van der Waals surface area contributed by atoms with Crippen molar-refractivity contribution in [2.45, 2.75) is 33.4 Å². The fraction of sp³-hybridized carbons (Fsp3) is 0.385. The number of nitrogens with zero attached hydrogens (tertiary/aromatic N) is 3. The summed E-state index contributed by atoms with van der Waals surface area (Å²) in [6, 6.07) is 3.55. The lowest BCUT2D eigenvalue weighted by molar-refractivity contribution is 0.291. The molecule has 0 radical (unpaired) electrons. The summed E-state index contributed by atoms with van der Waals surface area (Å²) in [5.41, 5.74) is 1.75. The fourth-order valence-corrected chi connectivity index (χ4v) is 2.28. The van der Waals surface area contributed by atoms with Crippen molar-refractivity contribution in [3.63, 3.8) is 0 Å². The highest BCUT2D eigenvalue weighted by atomic mass is 35.5. The first-order valence-corrected chi connectivity index (χ1v) is 6.90. The van der Waals surface area contributed by atoms with E-state index in [0.29, 0.717) is 22.5 Å². The van der Waals surface area contributed by atoms with E-state index in [1.165, 1.54) is 0 Å². The number of aromatic nitrogens is 3. The Bertz CT molecular complexity index is 569. The van der Waals surface area contributed by atoms with Crippen molar-refractivity contribution in [2.24, 2.45) is 0 Å². The summed E-state index contributed by atoms with van der Waals surface area (Å²) in [5.74, 6) is 0.544. The molecule has 0 aromatic carbocycles. The average Bonchev–Trinajstić information content (AvgIpc) is 2.74. The van der Waals surface area contributed by atoms with Gasteiger partial charge in [-0.15, -0.1) is 0 Å². The number of rotatable bonds is 5. The molecule has 2 heterocycles. The molecule has 0 amide bonds. The van der Waals surface area contributed by atoms with Crippen LogP contribution in [0.3, 0.4) is 0 Å². The molecule has 0 unspecified atom stereocenters. The van der Waals surface area contributed by atoms with E-state index < -0.39 is 0 Å². The van der Waals surface area contributed by atoms with Gasteiger partial charge in [-0.05, 0) is 25.5 Å². The van der Waals surface area contributed by atoms with Gasteiger partial charge in [0.25, 0.3) is 0 Å². The Hall–Kier alpha value is -1.26. The van der Waals surface area contributed by atoms with Crippen LogP contribution >= 0.6 is 23.2 Å². The molecule has 0 saturated carbocycles. The van der Waals surface area contributed by atoms with Crippen molar-refractivity contribution < 1.29 is 4.74 Å². The molecule has 0 aliphatic heterocycles. The van der Waals surface area contributed by atoms with E-state index in [1.807, 2.05) is 18.5 Å². The van der Waals surface area contributed by atoms with Crippen molar-refractivity contribution >= 4 is 23.2 Å². The fourth-order valence-electron chi connectivity index (χ4n) is 1.78. The third kappa shape index (κ3) is 3.01. The lowest BCUT2D eigenvalue weighted by Crippen LogP contribution is -2.06. The van der Waals surface area contributed by atoms with Gasteiger partial charge < -0.3 is 4.74 Å². The van der Waals surface area contributed by atoms with Gasteiger partial charge >= 0.3 is 0 Å². The van der Waals surface area contributed by atoms with Gasteiger partial charge in [0, 0.05) is 12.7 Å². The summed E-state index contributed by atoms with van der Waals surface area (Å²) in [6.45, 7) is 5.12. The molecule has 4 nitrogen and oxygen atoms in total. The number of pyridine rings is 1. The Labute approximate surface area is 122 Å². The van der Waals surface area contributed by atoms with E-state index in [0.717, 1.165) is 24.4 Å². The number of hydrogen-bond donors (Lipinski definition) is 0. The number of halogens is 2. The molecule has 0 spiro atoms. The highest BCUT2D eigenvalue weighted by Gasteiger charge is 2.15. The Morgan fingerprint density at radius 1 is 1.32 bits per heavy atom. The maximum Gasteiger partial charge on any atom is 0.171 e. The molecule has 0 saturated heterocycles. The summed E-state index contributed by atoms with van der Waals surface area (Å²) in [7, 11) is 0. The van der Waals surface area contributed by atoms with Crippen molar-refractivity contribution in [1.29, 1.82) is 0 Å². The molecular formula is C13H15Cl2N3O. The largest absolute Gasteiger partial charge is 0.484 e. The monoisotopic (exact) mass is 299 g/mol. The minimum Gasteiger partial charge on any atom is -0.484 e. The molecule has 0 N–H and O–H groups in total. The molecule has 0 aliphatic rings. The standard InChI is InChI=1S/C13H15Cl2N3O/c1-3-9-12(14)10(18(4-2)17-9)8-19-11-6-5-7-16-13(11)15/h5-7H,3-4,8H2,1-2H3. The maximum atomic E-state index is 6.30. The van der Waals surface area contributed by atoms with E-state index >= 15 is 0 Å². The second-order valence-electron chi connectivity index (χ2n) is 3.96. The molecule has 2 aromatic rings. The van der Waals surface area contributed by atoms with Gasteiger partial charge in [-0.3, -0.25) is 4.68 Å². The van der Waals surface area contributed by atoms with Crippen LogP contribution in [0.4, 0.5) is 0 Å². The van der Waals surface area contributed by atoms with Crippen LogP contribution in [0.15, 0.2) is 18.3 Å². The van der Waals surface area contributed by atoms with Crippen LogP contribution in [0.25, 0.3) is 0 Å². The van der Waals surface area contributed by atoms with Gasteiger partial charge in [-0.25, -0.2) is 4.98 Å². The average molecular weight is 300 g/mol. The van der Waals surface area contributed by atoms with Gasteiger partial charge in [0.2, 0.25) is 0 Å².